The maximum Gasteiger partial charge on any atom is 0.221 e. The van der Waals surface area contributed by atoms with Crippen molar-refractivity contribution >= 4 is 5.91 Å². The average molecular weight is 170 g/mol. The minimum atomic E-state index is -0.0624. The Hall–Kier alpha value is -1.08. The van der Waals surface area contributed by atoms with Gasteiger partial charge in [-0.2, -0.15) is 5.26 Å². The molecule has 0 aromatic rings. The molecule has 0 bridgehead atoms. The van der Waals surface area contributed by atoms with Crippen LogP contribution >= 0.6 is 0 Å². The number of ether oxygens (including phenoxy) is 1. The summed E-state index contributed by atoms with van der Waals surface area (Å²) in [7, 11) is 1.62. The number of nitriles is 1. The molecule has 0 radical (unpaired) electrons. The molecular formula is C8H14N2O2. The lowest BCUT2D eigenvalue weighted by Gasteiger charge is -2.01. The Balaban J connectivity index is 3.15. The Morgan fingerprint density at radius 1 is 1.67 bits per heavy atom. The Morgan fingerprint density at radius 2 is 2.42 bits per heavy atom. The average Bonchev–Trinajstić information content (AvgIpc) is 2.09. The zero-order valence-corrected chi connectivity index (χ0v) is 7.30. The van der Waals surface area contributed by atoms with Crippen molar-refractivity contribution in [3.63, 3.8) is 0 Å². The highest BCUT2D eigenvalue weighted by Crippen LogP contribution is 1.86. The van der Waals surface area contributed by atoms with Gasteiger partial charge >= 0.3 is 0 Å². The van der Waals surface area contributed by atoms with E-state index >= 15 is 0 Å². The third-order valence-corrected chi connectivity index (χ3v) is 1.31. The summed E-state index contributed by atoms with van der Waals surface area (Å²) in [6.07, 6.45) is 1.40. The molecule has 0 spiro atoms. The molecule has 1 amide bonds. The molecule has 0 heterocycles. The van der Waals surface area contributed by atoms with Crippen molar-refractivity contribution < 1.29 is 9.53 Å². The molecule has 4 nitrogen and oxygen atoms in total. The van der Waals surface area contributed by atoms with Gasteiger partial charge in [0, 0.05) is 33.1 Å². The lowest BCUT2D eigenvalue weighted by Crippen LogP contribution is -2.24. The van der Waals surface area contributed by atoms with Crippen molar-refractivity contribution in [3.8, 4) is 6.07 Å². The van der Waals surface area contributed by atoms with Gasteiger partial charge in [0.25, 0.3) is 0 Å². The summed E-state index contributed by atoms with van der Waals surface area (Å²) < 4.78 is 4.80. The molecule has 4 heteroatoms. The topological polar surface area (TPSA) is 62.1 Å². The molecular weight excluding hydrogens is 156 g/mol. The first kappa shape index (κ1) is 10.9. The van der Waals surface area contributed by atoms with Crippen LogP contribution < -0.4 is 5.32 Å². The molecule has 1 N–H and O–H groups in total. The molecule has 0 aliphatic carbocycles. The van der Waals surface area contributed by atoms with E-state index in [0.29, 0.717) is 19.6 Å². The van der Waals surface area contributed by atoms with Gasteiger partial charge in [0.1, 0.15) is 0 Å². The van der Waals surface area contributed by atoms with E-state index in [0.717, 1.165) is 6.42 Å². The van der Waals surface area contributed by atoms with Gasteiger partial charge in [0.15, 0.2) is 0 Å². The first-order valence-electron chi connectivity index (χ1n) is 3.94. The van der Waals surface area contributed by atoms with Gasteiger partial charge in [-0.15, -0.1) is 0 Å². The minimum Gasteiger partial charge on any atom is -0.385 e. The van der Waals surface area contributed by atoms with E-state index in [1.165, 1.54) is 0 Å². The number of methoxy groups -OCH3 is 1. The van der Waals surface area contributed by atoms with Gasteiger partial charge in [-0.1, -0.05) is 0 Å². The normalized spacial score (nSPS) is 9.00. The van der Waals surface area contributed by atoms with E-state index < -0.39 is 0 Å². The number of amides is 1. The maximum absolute atomic E-state index is 10.9. The number of nitrogens with zero attached hydrogens (tertiary/aromatic N) is 1. The zero-order chi connectivity index (χ0) is 9.23. The van der Waals surface area contributed by atoms with E-state index in [-0.39, 0.29) is 12.3 Å². The number of carbonyl (C=O) groups excluding carboxylic acids is 1. The van der Waals surface area contributed by atoms with Crippen LogP contribution in [-0.4, -0.2) is 26.2 Å². The molecule has 0 unspecified atom stereocenters. The highest BCUT2D eigenvalue weighted by molar-refractivity contribution is 5.75. The van der Waals surface area contributed by atoms with Crippen LogP contribution in [0.3, 0.4) is 0 Å². The second-order valence-corrected chi connectivity index (χ2v) is 2.35. The summed E-state index contributed by atoms with van der Waals surface area (Å²) in [5.74, 6) is -0.0624. The maximum atomic E-state index is 10.9. The van der Waals surface area contributed by atoms with Crippen molar-refractivity contribution in [2.75, 3.05) is 20.3 Å². The Kier molecular flexibility index (Phi) is 7.30. The van der Waals surface area contributed by atoms with Gasteiger partial charge in [-0.05, 0) is 6.42 Å². The highest BCUT2D eigenvalue weighted by Gasteiger charge is 1.97. The molecule has 0 fully saturated rings. The summed E-state index contributed by atoms with van der Waals surface area (Å²) in [5.41, 5.74) is 0. The number of nitrogens with one attached hydrogen (secondary N) is 1. The zero-order valence-electron chi connectivity index (χ0n) is 7.30. The highest BCUT2D eigenvalue weighted by atomic mass is 16.5. The fraction of sp³-hybridized carbons (Fsp3) is 0.750. The number of hydrogen-bond acceptors (Lipinski definition) is 3. The molecule has 0 aromatic carbocycles. The number of carbonyl (C=O) groups is 1. The van der Waals surface area contributed by atoms with Gasteiger partial charge in [-0.3, -0.25) is 4.79 Å². The van der Waals surface area contributed by atoms with Crippen LogP contribution in [0.15, 0.2) is 0 Å². The van der Waals surface area contributed by atoms with Gasteiger partial charge in [0.2, 0.25) is 5.91 Å². The van der Waals surface area contributed by atoms with E-state index in [1.807, 2.05) is 6.07 Å². The molecule has 0 aliphatic heterocycles. The summed E-state index contributed by atoms with van der Waals surface area (Å²) >= 11 is 0. The molecule has 0 rings (SSSR count). The van der Waals surface area contributed by atoms with E-state index in [2.05, 4.69) is 5.32 Å². The molecule has 0 saturated carbocycles. The van der Waals surface area contributed by atoms with Crippen molar-refractivity contribution in [1.29, 1.82) is 5.26 Å². The minimum absolute atomic E-state index is 0.0624. The molecule has 12 heavy (non-hydrogen) atoms. The standard InChI is InChI=1S/C8H14N2O2/c1-12-7-3-6-10-8(11)4-2-5-9/h2-4,6-7H2,1H3,(H,10,11). The monoisotopic (exact) mass is 170 g/mol. The molecule has 68 valence electrons. The predicted molar refractivity (Wildman–Crippen MR) is 44.3 cm³/mol. The van der Waals surface area contributed by atoms with Crippen LogP contribution in [0, 0.1) is 11.3 Å². The van der Waals surface area contributed by atoms with E-state index in [4.69, 9.17) is 10.00 Å². The second kappa shape index (κ2) is 8.02. The quantitative estimate of drug-likeness (QED) is 0.588. The largest absolute Gasteiger partial charge is 0.385 e. The van der Waals surface area contributed by atoms with Crippen molar-refractivity contribution in [2.45, 2.75) is 19.3 Å². The van der Waals surface area contributed by atoms with E-state index in [1.54, 1.807) is 7.11 Å². The number of hydrogen-bond donors (Lipinski definition) is 1. The van der Waals surface area contributed by atoms with Gasteiger partial charge in [-0.25, -0.2) is 0 Å². The fourth-order valence-corrected chi connectivity index (χ4v) is 0.702. The Labute approximate surface area is 72.5 Å². The van der Waals surface area contributed by atoms with Crippen LogP contribution in [0.2, 0.25) is 0 Å². The summed E-state index contributed by atoms with van der Waals surface area (Å²) in [6.45, 7) is 1.27. The van der Waals surface area contributed by atoms with Crippen LogP contribution in [0.25, 0.3) is 0 Å². The Bertz CT molecular complexity index is 163. The molecule has 0 aliphatic rings. The smallest absolute Gasteiger partial charge is 0.221 e. The first-order valence-corrected chi connectivity index (χ1v) is 3.94. The van der Waals surface area contributed by atoms with Crippen LogP contribution in [0.5, 0.6) is 0 Å². The summed E-state index contributed by atoms with van der Waals surface area (Å²) in [5, 5.41) is 10.9. The summed E-state index contributed by atoms with van der Waals surface area (Å²) in [6, 6.07) is 1.91. The Morgan fingerprint density at radius 3 is 3.00 bits per heavy atom. The third-order valence-electron chi connectivity index (χ3n) is 1.31. The SMILES string of the molecule is COCCCNC(=O)CCC#N. The lowest BCUT2D eigenvalue weighted by atomic mass is 10.3. The van der Waals surface area contributed by atoms with Gasteiger partial charge in [0.05, 0.1) is 6.07 Å². The third kappa shape index (κ3) is 7.03. The van der Waals surface area contributed by atoms with Crippen LogP contribution in [0.4, 0.5) is 0 Å². The van der Waals surface area contributed by atoms with E-state index in [9.17, 15) is 4.79 Å². The van der Waals surface area contributed by atoms with Crippen molar-refractivity contribution in [3.05, 3.63) is 0 Å². The summed E-state index contributed by atoms with van der Waals surface area (Å²) in [4.78, 5) is 10.9. The van der Waals surface area contributed by atoms with Crippen molar-refractivity contribution in [1.82, 2.24) is 5.32 Å². The molecule has 0 aromatic heterocycles. The molecule has 0 saturated heterocycles. The first-order chi connectivity index (χ1) is 5.81. The molecule has 0 atom stereocenters. The van der Waals surface area contributed by atoms with Gasteiger partial charge < -0.3 is 10.1 Å². The number of rotatable bonds is 6. The van der Waals surface area contributed by atoms with Crippen LogP contribution in [-0.2, 0) is 9.53 Å². The fourth-order valence-electron chi connectivity index (χ4n) is 0.702. The lowest BCUT2D eigenvalue weighted by molar-refractivity contribution is -0.121. The van der Waals surface area contributed by atoms with Crippen molar-refractivity contribution in [2.24, 2.45) is 0 Å². The predicted octanol–water partition coefficient (Wildman–Crippen LogP) is 0.443. The second-order valence-electron chi connectivity index (χ2n) is 2.35. The van der Waals surface area contributed by atoms with Crippen LogP contribution in [0.1, 0.15) is 19.3 Å².